The lowest BCUT2D eigenvalue weighted by Gasteiger charge is -2.35. The molecule has 1 fully saturated rings. The Morgan fingerprint density at radius 3 is 2.85 bits per heavy atom. The topological polar surface area (TPSA) is 38.3 Å². The zero-order chi connectivity index (χ0) is 14.6. The second-order valence-corrected chi connectivity index (χ2v) is 5.70. The summed E-state index contributed by atoms with van der Waals surface area (Å²) in [6.07, 6.45) is 3.84. The molecule has 0 aliphatic heterocycles. The summed E-state index contributed by atoms with van der Waals surface area (Å²) < 4.78 is 5.33. The van der Waals surface area contributed by atoms with Crippen LogP contribution < -0.4 is 5.32 Å². The van der Waals surface area contributed by atoms with E-state index < -0.39 is 5.54 Å². The second kappa shape index (κ2) is 6.49. The molecule has 2 rings (SSSR count). The predicted octanol–water partition coefficient (Wildman–Crippen LogP) is 4.26. The third kappa shape index (κ3) is 2.78. The molecule has 0 aromatic heterocycles. The number of carbonyl (C=O) groups is 1. The zero-order valence-electron chi connectivity index (χ0n) is 12.1. The molecule has 4 heteroatoms. The summed E-state index contributed by atoms with van der Waals surface area (Å²) >= 11 is 6.22. The summed E-state index contributed by atoms with van der Waals surface area (Å²) in [5.41, 5.74) is 0.179. The Bertz CT molecular complexity index is 477. The molecule has 0 radical (unpaired) electrons. The van der Waals surface area contributed by atoms with Crippen molar-refractivity contribution >= 4 is 23.3 Å². The fourth-order valence-corrected chi connectivity index (χ4v) is 3.36. The van der Waals surface area contributed by atoms with E-state index in [1.807, 2.05) is 31.2 Å². The first-order valence-electron chi connectivity index (χ1n) is 7.34. The van der Waals surface area contributed by atoms with Gasteiger partial charge in [0.1, 0.15) is 5.54 Å². The van der Waals surface area contributed by atoms with Crippen molar-refractivity contribution < 1.29 is 9.53 Å². The molecule has 2 atom stereocenters. The standard InChI is InChI=1S/C16H22ClNO2/c1-3-12-8-7-11-16(12,15(19)20-4-2)18-14-10-6-5-9-13(14)17/h5-6,9-10,12,18H,3-4,7-8,11H2,1-2H3. The highest BCUT2D eigenvalue weighted by Crippen LogP contribution is 2.42. The van der Waals surface area contributed by atoms with Crippen LogP contribution in [-0.2, 0) is 9.53 Å². The van der Waals surface area contributed by atoms with E-state index in [0.717, 1.165) is 31.4 Å². The zero-order valence-corrected chi connectivity index (χ0v) is 12.9. The average Bonchev–Trinajstić information content (AvgIpc) is 2.86. The third-order valence-electron chi connectivity index (χ3n) is 4.18. The highest BCUT2D eigenvalue weighted by molar-refractivity contribution is 6.33. The Hall–Kier alpha value is -1.22. The van der Waals surface area contributed by atoms with Gasteiger partial charge in [0, 0.05) is 0 Å². The lowest BCUT2D eigenvalue weighted by atomic mass is 9.84. The fraction of sp³-hybridized carbons (Fsp3) is 0.562. The Kier molecular flexibility index (Phi) is 4.92. The molecule has 1 aromatic rings. The van der Waals surface area contributed by atoms with E-state index in [9.17, 15) is 4.79 Å². The molecular formula is C16H22ClNO2. The molecule has 20 heavy (non-hydrogen) atoms. The number of hydrogen-bond donors (Lipinski definition) is 1. The van der Waals surface area contributed by atoms with Crippen molar-refractivity contribution in [2.24, 2.45) is 5.92 Å². The van der Waals surface area contributed by atoms with Gasteiger partial charge < -0.3 is 10.1 Å². The monoisotopic (exact) mass is 295 g/mol. The molecule has 0 saturated heterocycles. The molecule has 0 bridgehead atoms. The number of benzene rings is 1. The summed E-state index contributed by atoms with van der Waals surface area (Å²) in [5, 5.41) is 4.04. The average molecular weight is 296 g/mol. The molecule has 0 spiro atoms. The van der Waals surface area contributed by atoms with Crippen molar-refractivity contribution in [3.8, 4) is 0 Å². The molecule has 0 heterocycles. The number of anilines is 1. The first kappa shape index (κ1) is 15.2. The number of esters is 1. The van der Waals surface area contributed by atoms with Gasteiger partial charge in [-0.3, -0.25) is 0 Å². The van der Waals surface area contributed by atoms with Crippen LogP contribution in [0.5, 0.6) is 0 Å². The highest BCUT2D eigenvalue weighted by Gasteiger charge is 2.49. The Labute approximate surface area is 125 Å². The van der Waals surface area contributed by atoms with E-state index in [0.29, 0.717) is 11.6 Å². The molecule has 1 saturated carbocycles. The molecule has 110 valence electrons. The smallest absolute Gasteiger partial charge is 0.332 e. The van der Waals surface area contributed by atoms with Gasteiger partial charge in [-0.1, -0.05) is 43.5 Å². The van der Waals surface area contributed by atoms with E-state index in [4.69, 9.17) is 16.3 Å². The lowest BCUT2D eigenvalue weighted by Crippen LogP contribution is -2.50. The quantitative estimate of drug-likeness (QED) is 0.825. The van der Waals surface area contributed by atoms with E-state index in [1.165, 1.54) is 0 Å². The summed E-state index contributed by atoms with van der Waals surface area (Å²) in [6.45, 7) is 4.37. The van der Waals surface area contributed by atoms with Crippen LogP contribution in [0.2, 0.25) is 5.02 Å². The molecule has 1 aliphatic carbocycles. The lowest BCUT2D eigenvalue weighted by molar-refractivity contribution is -0.150. The number of rotatable bonds is 5. The molecule has 1 aliphatic rings. The number of carbonyl (C=O) groups excluding carboxylic acids is 1. The minimum absolute atomic E-state index is 0.149. The molecular weight excluding hydrogens is 274 g/mol. The number of halogens is 1. The summed E-state index contributed by atoms with van der Waals surface area (Å²) in [6, 6.07) is 7.55. The van der Waals surface area contributed by atoms with Crippen molar-refractivity contribution in [3.63, 3.8) is 0 Å². The Morgan fingerprint density at radius 1 is 1.45 bits per heavy atom. The van der Waals surface area contributed by atoms with Crippen LogP contribution in [0.3, 0.4) is 0 Å². The maximum absolute atomic E-state index is 12.5. The van der Waals surface area contributed by atoms with Crippen LogP contribution in [-0.4, -0.2) is 18.1 Å². The van der Waals surface area contributed by atoms with Gasteiger partial charge in [-0.25, -0.2) is 4.79 Å². The molecule has 2 unspecified atom stereocenters. The minimum Gasteiger partial charge on any atom is -0.464 e. The Balaban J connectivity index is 2.32. The van der Waals surface area contributed by atoms with Gasteiger partial charge in [-0.2, -0.15) is 0 Å². The van der Waals surface area contributed by atoms with Crippen LogP contribution in [0, 0.1) is 5.92 Å². The van der Waals surface area contributed by atoms with Crippen LogP contribution in [0.25, 0.3) is 0 Å². The van der Waals surface area contributed by atoms with E-state index in [-0.39, 0.29) is 11.9 Å². The van der Waals surface area contributed by atoms with E-state index in [2.05, 4.69) is 12.2 Å². The highest BCUT2D eigenvalue weighted by atomic mass is 35.5. The van der Waals surface area contributed by atoms with Gasteiger partial charge in [0.25, 0.3) is 0 Å². The normalized spacial score (nSPS) is 25.4. The van der Waals surface area contributed by atoms with Crippen LogP contribution in [0.15, 0.2) is 24.3 Å². The van der Waals surface area contributed by atoms with E-state index >= 15 is 0 Å². The minimum atomic E-state index is -0.629. The first-order chi connectivity index (χ1) is 9.64. The molecule has 0 amide bonds. The van der Waals surface area contributed by atoms with E-state index in [1.54, 1.807) is 0 Å². The third-order valence-corrected chi connectivity index (χ3v) is 4.51. The van der Waals surface area contributed by atoms with Crippen molar-refractivity contribution in [1.29, 1.82) is 0 Å². The summed E-state index contributed by atoms with van der Waals surface area (Å²) in [5.74, 6) is 0.141. The van der Waals surface area contributed by atoms with Gasteiger partial charge in [-0.15, -0.1) is 0 Å². The Morgan fingerprint density at radius 2 is 2.20 bits per heavy atom. The van der Waals surface area contributed by atoms with Crippen LogP contribution in [0.4, 0.5) is 5.69 Å². The molecule has 3 nitrogen and oxygen atoms in total. The van der Waals surface area contributed by atoms with Gasteiger partial charge >= 0.3 is 5.97 Å². The summed E-state index contributed by atoms with van der Waals surface area (Å²) in [4.78, 5) is 12.5. The first-order valence-corrected chi connectivity index (χ1v) is 7.71. The van der Waals surface area contributed by atoms with Crippen molar-refractivity contribution in [2.45, 2.75) is 45.1 Å². The SMILES string of the molecule is CCOC(=O)C1(Nc2ccccc2Cl)CCCC1CC. The number of para-hydroxylation sites is 1. The van der Waals surface area contributed by atoms with Crippen LogP contribution in [0.1, 0.15) is 39.5 Å². The number of hydrogen-bond acceptors (Lipinski definition) is 3. The van der Waals surface area contributed by atoms with Gasteiger partial charge in [-0.05, 0) is 37.8 Å². The van der Waals surface area contributed by atoms with Gasteiger partial charge in [0.15, 0.2) is 0 Å². The van der Waals surface area contributed by atoms with Crippen molar-refractivity contribution in [3.05, 3.63) is 29.3 Å². The molecule has 1 aromatic carbocycles. The largest absolute Gasteiger partial charge is 0.464 e. The fourth-order valence-electron chi connectivity index (χ4n) is 3.18. The predicted molar refractivity (Wildman–Crippen MR) is 82.1 cm³/mol. The molecule has 1 N–H and O–H groups in total. The van der Waals surface area contributed by atoms with Crippen molar-refractivity contribution in [1.82, 2.24) is 0 Å². The van der Waals surface area contributed by atoms with Crippen molar-refractivity contribution in [2.75, 3.05) is 11.9 Å². The van der Waals surface area contributed by atoms with Gasteiger partial charge in [0.2, 0.25) is 0 Å². The maximum Gasteiger partial charge on any atom is 0.332 e. The van der Waals surface area contributed by atoms with Crippen LogP contribution >= 0.6 is 11.6 Å². The second-order valence-electron chi connectivity index (χ2n) is 5.29. The number of ether oxygens (including phenoxy) is 1. The van der Waals surface area contributed by atoms with Gasteiger partial charge in [0.05, 0.1) is 17.3 Å². The number of nitrogens with one attached hydrogen (secondary N) is 1. The maximum atomic E-state index is 12.5. The summed E-state index contributed by atoms with van der Waals surface area (Å²) in [7, 11) is 0.